The van der Waals surface area contributed by atoms with Gasteiger partial charge < -0.3 is 14.6 Å². The van der Waals surface area contributed by atoms with E-state index in [9.17, 15) is 4.79 Å². The van der Waals surface area contributed by atoms with Gasteiger partial charge in [0, 0.05) is 6.08 Å². The molecule has 1 rings (SSSR count). The molecule has 0 saturated heterocycles. The van der Waals surface area contributed by atoms with Gasteiger partial charge in [0.05, 0.1) is 13.7 Å². The molecule has 4 heteroatoms. The maximum absolute atomic E-state index is 10.5. The van der Waals surface area contributed by atoms with Crippen LogP contribution >= 0.6 is 0 Å². The van der Waals surface area contributed by atoms with Crippen molar-refractivity contribution in [3.8, 4) is 11.5 Å². The molecule has 1 N–H and O–H groups in total. The second kappa shape index (κ2) is 7.46. The molecule has 0 bridgehead atoms. The topological polar surface area (TPSA) is 55.8 Å². The minimum atomic E-state index is -0.976. The van der Waals surface area contributed by atoms with E-state index in [1.807, 2.05) is 0 Å². The van der Waals surface area contributed by atoms with Gasteiger partial charge in [-0.25, -0.2) is 4.79 Å². The Morgan fingerprint density at radius 3 is 2.74 bits per heavy atom. The predicted octanol–water partition coefficient (Wildman–Crippen LogP) is 3.22. The third-order valence-corrected chi connectivity index (χ3v) is 2.83. The van der Waals surface area contributed by atoms with Gasteiger partial charge >= 0.3 is 5.97 Å². The lowest BCUT2D eigenvalue weighted by atomic mass is 10.1. The molecule has 1 aromatic rings. The van der Waals surface area contributed by atoms with Crippen LogP contribution in [0, 0.1) is 5.92 Å². The van der Waals surface area contributed by atoms with Crippen LogP contribution in [-0.2, 0) is 4.79 Å². The second-order valence-corrected chi connectivity index (χ2v) is 4.41. The normalized spacial score (nSPS) is 12.4. The quantitative estimate of drug-likeness (QED) is 0.768. The first-order chi connectivity index (χ1) is 9.06. The lowest BCUT2D eigenvalue weighted by Gasteiger charge is -2.14. The van der Waals surface area contributed by atoms with Gasteiger partial charge in [0.2, 0.25) is 0 Å². The van der Waals surface area contributed by atoms with Crippen molar-refractivity contribution in [3.63, 3.8) is 0 Å². The zero-order valence-electron chi connectivity index (χ0n) is 11.6. The Labute approximate surface area is 113 Å². The summed E-state index contributed by atoms with van der Waals surface area (Å²) in [5, 5.41) is 8.59. The van der Waals surface area contributed by atoms with E-state index in [-0.39, 0.29) is 0 Å². The number of methoxy groups -OCH3 is 1. The van der Waals surface area contributed by atoms with E-state index >= 15 is 0 Å². The second-order valence-electron chi connectivity index (χ2n) is 4.41. The van der Waals surface area contributed by atoms with Crippen molar-refractivity contribution >= 4 is 12.0 Å². The Morgan fingerprint density at radius 1 is 1.42 bits per heavy atom. The van der Waals surface area contributed by atoms with Gasteiger partial charge in [-0.2, -0.15) is 0 Å². The lowest BCUT2D eigenvalue weighted by Crippen LogP contribution is -2.08. The van der Waals surface area contributed by atoms with Crippen molar-refractivity contribution in [2.45, 2.75) is 20.3 Å². The largest absolute Gasteiger partial charge is 0.493 e. The van der Waals surface area contributed by atoms with E-state index < -0.39 is 5.97 Å². The zero-order valence-corrected chi connectivity index (χ0v) is 11.6. The molecule has 0 spiro atoms. The van der Waals surface area contributed by atoms with Crippen LogP contribution in [-0.4, -0.2) is 24.8 Å². The van der Waals surface area contributed by atoms with Crippen molar-refractivity contribution in [1.82, 2.24) is 0 Å². The molecule has 0 aliphatic heterocycles. The van der Waals surface area contributed by atoms with Gasteiger partial charge in [-0.15, -0.1) is 0 Å². The molecule has 0 aromatic heterocycles. The standard InChI is InChI=1S/C15H20O4/c1-4-11(2)10-19-13-7-5-12(6-8-15(16)17)9-14(13)18-3/h5-9,11H,4,10H2,1-3H3,(H,16,17)/b8-6+. The molecule has 0 aliphatic rings. The molecule has 4 nitrogen and oxygen atoms in total. The van der Waals surface area contributed by atoms with Crippen LogP contribution in [0.1, 0.15) is 25.8 Å². The molecule has 1 unspecified atom stereocenters. The average molecular weight is 264 g/mol. The summed E-state index contributed by atoms with van der Waals surface area (Å²) in [4.78, 5) is 10.5. The van der Waals surface area contributed by atoms with Crippen LogP contribution in [0.4, 0.5) is 0 Å². The minimum Gasteiger partial charge on any atom is -0.493 e. The summed E-state index contributed by atoms with van der Waals surface area (Å²) in [6, 6.07) is 5.35. The highest BCUT2D eigenvalue weighted by atomic mass is 16.5. The van der Waals surface area contributed by atoms with Crippen LogP contribution in [0.2, 0.25) is 0 Å². The van der Waals surface area contributed by atoms with Gasteiger partial charge in [0.25, 0.3) is 0 Å². The number of carboxylic acids is 1. The first kappa shape index (κ1) is 15.1. The Bertz CT molecular complexity index is 451. The number of benzene rings is 1. The summed E-state index contributed by atoms with van der Waals surface area (Å²) < 4.78 is 10.9. The average Bonchev–Trinajstić information content (AvgIpc) is 2.42. The van der Waals surface area contributed by atoms with E-state index in [0.717, 1.165) is 18.1 Å². The van der Waals surface area contributed by atoms with Crippen molar-refractivity contribution in [1.29, 1.82) is 0 Å². The van der Waals surface area contributed by atoms with E-state index in [1.54, 1.807) is 25.3 Å². The molecule has 0 amide bonds. The minimum absolute atomic E-state index is 0.483. The Hall–Kier alpha value is -1.97. The molecular formula is C15H20O4. The number of carboxylic acid groups (broad SMARTS) is 1. The van der Waals surface area contributed by atoms with Crippen molar-refractivity contribution in [3.05, 3.63) is 29.8 Å². The third-order valence-electron chi connectivity index (χ3n) is 2.83. The van der Waals surface area contributed by atoms with Crippen molar-refractivity contribution < 1.29 is 19.4 Å². The van der Waals surface area contributed by atoms with E-state index in [0.29, 0.717) is 24.0 Å². The lowest BCUT2D eigenvalue weighted by molar-refractivity contribution is -0.131. The van der Waals surface area contributed by atoms with Crippen LogP contribution in [0.3, 0.4) is 0 Å². The van der Waals surface area contributed by atoms with E-state index in [1.165, 1.54) is 6.08 Å². The summed E-state index contributed by atoms with van der Waals surface area (Å²) in [5.41, 5.74) is 0.759. The van der Waals surface area contributed by atoms with Gasteiger partial charge in [-0.05, 0) is 29.7 Å². The molecule has 1 atom stereocenters. The maximum atomic E-state index is 10.5. The van der Waals surface area contributed by atoms with Gasteiger partial charge in [-0.3, -0.25) is 0 Å². The molecule has 0 saturated carbocycles. The predicted molar refractivity (Wildman–Crippen MR) is 74.6 cm³/mol. The summed E-state index contributed by atoms with van der Waals surface area (Å²) in [7, 11) is 1.57. The fraction of sp³-hybridized carbons (Fsp3) is 0.400. The zero-order chi connectivity index (χ0) is 14.3. The summed E-state index contributed by atoms with van der Waals surface area (Å²) in [6.07, 6.45) is 3.67. The first-order valence-corrected chi connectivity index (χ1v) is 6.28. The maximum Gasteiger partial charge on any atom is 0.328 e. The van der Waals surface area contributed by atoms with E-state index in [2.05, 4.69) is 13.8 Å². The number of hydrogen-bond donors (Lipinski definition) is 1. The fourth-order valence-corrected chi connectivity index (χ4v) is 1.42. The highest BCUT2D eigenvalue weighted by molar-refractivity contribution is 5.85. The number of ether oxygens (including phenoxy) is 2. The molecule has 104 valence electrons. The summed E-state index contributed by atoms with van der Waals surface area (Å²) in [6.45, 7) is 4.87. The number of rotatable bonds is 7. The Kier molecular flexibility index (Phi) is 5.93. The van der Waals surface area contributed by atoms with Gasteiger partial charge in [0.1, 0.15) is 0 Å². The van der Waals surface area contributed by atoms with Crippen LogP contribution in [0.25, 0.3) is 6.08 Å². The van der Waals surface area contributed by atoms with Gasteiger partial charge in [0.15, 0.2) is 11.5 Å². The van der Waals surface area contributed by atoms with E-state index in [4.69, 9.17) is 14.6 Å². The molecule has 1 aromatic carbocycles. The van der Waals surface area contributed by atoms with Crippen LogP contribution < -0.4 is 9.47 Å². The monoisotopic (exact) mass is 264 g/mol. The molecule has 0 fully saturated rings. The third kappa shape index (κ3) is 5.04. The molecular weight excluding hydrogens is 244 g/mol. The number of carbonyl (C=O) groups is 1. The number of aliphatic carboxylic acids is 1. The molecule has 0 heterocycles. The first-order valence-electron chi connectivity index (χ1n) is 6.28. The highest BCUT2D eigenvalue weighted by Crippen LogP contribution is 2.29. The Morgan fingerprint density at radius 2 is 2.16 bits per heavy atom. The summed E-state index contributed by atoms with van der Waals surface area (Å²) in [5.74, 6) is 0.790. The van der Waals surface area contributed by atoms with Gasteiger partial charge in [-0.1, -0.05) is 26.3 Å². The molecule has 19 heavy (non-hydrogen) atoms. The smallest absolute Gasteiger partial charge is 0.328 e. The number of hydrogen-bond acceptors (Lipinski definition) is 3. The fourth-order valence-electron chi connectivity index (χ4n) is 1.42. The van der Waals surface area contributed by atoms with Crippen LogP contribution in [0.15, 0.2) is 24.3 Å². The van der Waals surface area contributed by atoms with Crippen molar-refractivity contribution in [2.75, 3.05) is 13.7 Å². The Balaban J connectivity index is 2.81. The highest BCUT2D eigenvalue weighted by Gasteiger charge is 2.07. The van der Waals surface area contributed by atoms with Crippen LogP contribution in [0.5, 0.6) is 11.5 Å². The molecule has 0 aliphatic carbocycles. The SMILES string of the molecule is CCC(C)COc1ccc(/C=C/C(=O)O)cc1OC. The molecule has 0 radical (unpaired) electrons. The summed E-state index contributed by atoms with van der Waals surface area (Å²) >= 11 is 0. The van der Waals surface area contributed by atoms with Crippen molar-refractivity contribution in [2.24, 2.45) is 5.92 Å².